The number of halogens is 3. The molecule has 27 heavy (non-hydrogen) atoms. The summed E-state index contributed by atoms with van der Waals surface area (Å²) in [4.78, 5) is 12.3. The molecule has 0 atom stereocenters. The fourth-order valence-electron chi connectivity index (χ4n) is 2.22. The molecular weight excluding hydrogens is 394 g/mol. The first-order valence-electron chi connectivity index (χ1n) is 7.78. The lowest BCUT2D eigenvalue weighted by atomic mass is 10.1. The normalized spacial score (nSPS) is 10.9. The van der Waals surface area contributed by atoms with Crippen molar-refractivity contribution in [2.45, 2.75) is 6.92 Å². The molecule has 140 valence electrons. The number of hydrogen-bond acceptors (Lipinski definition) is 4. The van der Waals surface area contributed by atoms with E-state index < -0.39 is 11.7 Å². The second-order valence-electron chi connectivity index (χ2n) is 5.22. The van der Waals surface area contributed by atoms with E-state index in [2.05, 4.69) is 5.32 Å². The molecule has 0 aliphatic carbocycles. The number of nitrogens with one attached hydrogen (secondary N) is 1. The summed E-state index contributed by atoms with van der Waals surface area (Å²) in [6.45, 7) is 2.19. The minimum absolute atomic E-state index is 0.140. The summed E-state index contributed by atoms with van der Waals surface area (Å²) in [5.41, 5.74) is 0.558. The van der Waals surface area contributed by atoms with Crippen LogP contribution >= 0.6 is 23.2 Å². The van der Waals surface area contributed by atoms with E-state index in [1.807, 2.05) is 6.07 Å². The third-order valence-electron chi connectivity index (χ3n) is 3.39. The van der Waals surface area contributed by atoms with Crippen molar-refractivity contribution in [1.29, 1.82) is 5.26 Å². The maximum absolute atomic E-state index is 13.2. The largest absolute Gasteiger partial charge is 0.491 e. The number of hydrogen-bond donors (Lipinski definition) is 1. The molecule has 0 spiro atoms. The molecule has 0 unspecified atom stereocenters. The standard InChI is InChI=1S/C19H15Cl2FN2O3/c1-3-27-17-8-11(7-15(21)18(17)26-2)6-12(10-23)19(25)24-13-4-5-16(22)14(20)9-13/h4-9H,3H2,1-2H3,(H,24,25)/b12-6+. The van der Waals surface area contributed by atoms with Crippen LogP contribution in [0.15, 0.2) is 35.9 Å². The van der Waals surface area contributed by atoms with E-state index in [0.29, 0.717) is 23.7 Å². The molecule has 2 aromatic rings. The first-order chi connectivity index (χ1) is 12.9. The minimum atomic E-state index is -0.676. The Bertz CT molecular complexity index is 939. The molecule has 0 bridgehead atoms. The summed E-state index contributed by atoms with van der Waals surface area (Å²) in [5, 5.41) is 11.9. The van der Waals surface area contributed by atoms with E-state index in [9.17, 15) is 14.4 Å². The summed E-state index contributed by atoms with van der Waals surface area (Å²) < 4.78 is 23.9. The van der Waals surface area contributed by atoms with Crippen LogP contribution in [0.3, 0.4) is 0 Å². The molecule has 1 N–H and O–H groups in total. The predicted octanol–water partition coefficient (Wildman–Crippen LogP) is 5.09. The van der Waals surface area contributed by atoms with E-state index >= 15 is 0 Å². The Morgan fingerprint density at radius 1 is 1.30 bits per heavy atom. The maximum atomic E-state index is 13.2. The fourth-order valence-corrected chi connectivity index (χ4v) is 2.70. The molecule has 5 nitrogen and oxygen atoms in total. The highest BCUT2D eigenvalue weighted by Crippen LogP contribution is 2.37. The number of benzene rings is 2. The van der Waals surface area contributed by atoms with Gasteiger partial charge in [-0.1, -0.05) is 23.2 Å². The van der Waals surface area contributed by atoms with Gasteiger partial charge in [0.2, 0.25) is 0 Å². The van der Waals surface area contributed by atoms with Gasteiger partial charge in [0.1, 0.15) is 17.5 Å². The third-order valence-corrected chi connectivity index (χ3v) is 3.96. The first kappa shape index (κ1) is 20.6. The predicted molar refractivity (Wildman–Crippen MR) is 103 cm³/mol. The van der Waals surface area contributed by atoms with E-state index in [1.165, 1.54) is 25.3 Å². The van der Waals surface area contributed by atoms with E-state index in [4.69, 9.17) is 32.7 Å². The van der Waals surface area contributed by atoms with Crippen LogP contribution in [0.25, 0.3) is 6.08 Å². The zero-order valence-corrected chi connectivity index (χ0v) is 16.0. The molecule has 2 aromatic carbocycles. The van der Waals surface area contributed by atoms with Gasteiger partial charge in [0, 0.05) is 5.69 Å². The molecule has 0 aliphatic rings. The Kier molecular flexibility index (Phi) is 7.05. The van der Waals surface area contributed by atoms with Gasteiger partial charge in [-0.2, -0.15) is 5.26 Å². The molecule has 1 amide bonds. The first-order valence-corrected chi connectivity index (χ1v) is 8.53. The summed E-state index contributed by atoms with van der Waals surface area (Å²) in [5.74, 6) is -0.534. The highest BCUT2D eigenvalue weighted by molar-refractivity contribution is 6.32. The summed E-state index contributed by atoms with van der Waals surface area (Å²) in [6, 6.07) is 8.68. The van der Waals surface area contributed by atoms with Crippen LogP contribution in [0.2, 0.25) is 10.0 Å². The van der Waals surface area contributed by atoms with Gasteiger partial charge in [-0.15, -0.1) is 0 Å². The van der Waals surface area contributed by atoms with Crippen LogP contribution in [0.1, 0.15) is 12.5 Å². The third kappa shape index (κ3) is 5.13. The molecule has 0 fully saturated rings. The molecule has 0 saturated carbocycles. The molecule has 0 heterocycles. The number of ether oxygens (including phenoxy) is 2. The zero-order chi connectivity index (χ0) is 20.0. The van der Waals surface area contributed by atoms with E-state index in [1.54, 1.807) is 19.1 Å². The van der Waals surface area contributed by atoms with Crippen molar-refractivity contribution < 1.29 is 18.7 Å². The highest BCUT2D eigenvalue weighted by Gasteiger charge is 2.14. The van der Waals surface area contributed by atoms with Crippen LogP contribution in [0.4, 0.5) is 10.1 Å². The van der Waals surface area contributed by atoms with Crippen LogP contribution in [-0.2, 0) is 4.79 Å². The van der Waals surface area contributed by atoms with Crippen LogP contribution in [-0.4, -0.2) is 19.6 Å². The van der Waals surface area contributed by atoms with Crippen molar-refractivity contribution >= 4 is 40.9 Å². The smallest absolute Gasteiger partial charge is 0.266 e. The molecular formula is C19H15Cl2FN2O3. The second kappa shape index (κ2) is 9.26. The van der Waals surface area contributed by atoms with Gasteiger partial charge in [0.25, 0.3) is 5.91 Å². The quantitative estimate of drug-likeness (QED) is 0.533. The van der Waals surface area contributed by atoms with Gasteiger partial charge < -0.3 is 14.8 Å². The Labute approximate surface area is 165 Å². The number of carbonyl (C=O) groups is 1. The van der Waals surface area contributed by atoms with Gasteiger partial charge >= 0.3 is 0 Å². The zero-order valence-electron chi connectivity index (χ0n) is 14.5. The number of amides is 1. The van der Waals surface area contributed by atoms with Crippen molar-refractivity contribution in [3.8, 4) is 17.6 Å². The average molecular weight is 409 g/mol. The lowest BCUT2D eigenvalue weighted by Crippen LogP contribution is -2.13. The van der Waals surface area contributed by atoms with Gasteiger partial charge in [-0.05, 0) is 48.9 Å². The van der Waals surface area contributed by atoms with Crippen molar-refractivity contribution in [3.05, 3.63) is 57.3 Å². The van der Waals surface area contributed by atoms with Crippen molar-refractivity contribution in [1.82, 2.24) is 0 Å². The fraction of sp³-hybridized carbons (Fsp3) is 0.158. The monoisotopic (exact) mass is 408 g/mol. The molecule has 8 heteroatoms. The topological polar surface area (TPSA) is 71.3 Å². The van der Waals surface area contributed by atoms with E-state index in [-0.39, 0.29) is 21.3 Å². The number of nitrogens with zero attached hydrogens (tertiary/aromatic N) is 1. The Morgan fingerprint density at radius 2 is 2.04 bits per heavy atom. The summed E-state index contributed by atoms with van der Waals surface area (Å²) in [6.07, 6.45) is 1.36. The molecule has 0 saturated heterocycles. The summed E-state index contributed by atoms with van der Waals surface area (Å²) >= 11 is 11.9. The molecule has 0 radical (unpaired) electrons. The number of nitriles is 1. The highest BCUT2D eigenvalue weighted by atomic mass is 35.5. The lowest BCUT2D eigenvalue weighted by Gasteiger charge is -2.12. The van der Waals surface area contributed by atoms with Crippen LogP contribution < -0.4 is 14.8 Å². The van der Waals surface area contributed by atoms with Crippen molar-refractivity contribution in [2.24, 2.45) is 0 Å². The van der Waals surface area contributed by atoms with Crippen molar-refractivity contribution in [2.75, 3.05) is 19.0 Å². The average Bonchev–Trinajstić information content (AvgIpc) is 2.63. The summed E-state index contributed by atoms with van der Waals surface area (Å²) in [7, 11) is 1.46. The van der Waals surface area contributed by atoms with Gasteiger partial charge in [-0.25, -0.2) is 4.39 Å². The van der Waals surface area contributed by atoms with Gasteiger partial charge in [-0.3, -0.25) is 4.79 Å². The van der Waals surface area contributed by atoms with Gasteiger partial charge in [0.15, 0.2) is 11.5 Å². The number of methoxy groups -OCH3 is 1. The van der Waals surface area contributed by atoms with Gasteiger partial charge in [0.05, 0.1) is 23.8 Å². The lowest BCUT2D eigenvalue weighted by molar-refractivity contribution is -0.112. The number of anilines is 1. The molecule has 2 rings (SSSR count). The Balaban J connectivity index is 2.33. The minimum Gasteiger partial charge on any atom is -0.491 e. The van der Waals surface area contributed by atoms with E-state index in [0.717, 1.165) is 6.07 Å². The maximum Gasteiger partial charge on any atom is 0.266 e. The Morgan fingerprint density at radius 3 is 2.63 bits per heavy atom. The van der Waals surface area contributed by atoms with Crippen LogP contribution in [0.5, 0.6) is 11.5 Å². The Hall–Kier alpha value is -2.75. The van der Waals surface area contributed by atoms with Crippen LogP contribution in [0, 0.1) is 17.1 Å². The van der Waals surface area contributed by atoms with Crippen molar-refractivity contribution in [3.63, 3.8) is 0 Å². The number of carbonyl (C=O) groups excluding carboxylic acids is 1. The second-order valence-corrected chi connectivity index (χ2v) is 6.03. The SMILES string of the molecule is CCOc1cc(/C=C(\C#N)C(=O)Nc2ccc(F)c(Cl)c2)cc(Cl)c1OC. The number of rotatable bonds is 6. The molecule has 0 aliphatic heterocycles. The molecule has 0 aromatic heterocycles.